The zero-order valence-corrected chi connectivity index (χ0v) is 22.2. The van der Waals surface area contributed by atoms with Crippen LogP contribution in [0, 0.1) is 15.9 Å². The molecule has 0 fully saturated rings. The number of thiazole rings is 1. The normalized spacial score (nSPS) is 15.9. The highest BCUT2D eigenvalue weighted by Crippen LogP contribution is 2.38. The third-order valence-electron chi connectivity index (χ3n) is 6.56. The van der Waals surface area contributed by atoms with Gasteiger partial charge in [-0.1, -0.05) is 53.8 Å². The predicted molar refractivity (Wildman–Crippen MR) is 147 cm³/mol. The van der Waals surface area contributed by atoms with Crippen molar-refractivity contribution in [3.63, 3.8) is 0 Å². The molecule has 0 N–H and O–H groups in total. The number of ether oxygens (including phenoxy) is 3. The molecule has 4 aromatic rings. The number of aromatic nitrogens is 1. The van der Waals surface area contributed by atoms with E-state index in [1.165, 1.54) is 47.0 Å². The lowest BCUT2D eigenvalue weighted by Crippen LogP contribution is -2.40. The van der Waals surface area contributed by atoms with Gasteiger partial charge in [-0.15, -0.1) is 0 Å². The van der Waals surface area contributed by atoms with Gasteiger partial charge in [0.2, 0.25) is 6.79 Å². The van der Waals surface area contributed by atoms with Crippen LogP contribution in [0.2, 0.25) is 0 Å². The lowest BCUT2D eigenvalue weighted by molar-refractivity contribution is -0.385. The number of carbonyl (C=O) groups is 1. The van der Waals surface area contributed by atoms with E-state index in [4.69, 9.17) is 19.2 Å². The summed E-state index contributed by atoms with van der Waals surface area (Å²) >= 11 is 1.01. The van der Waals surface area contributed by atoms with E-state index < -0.39 is 28.3 Å². The van der Waals surface area contributed by atoms with E-state index in [0.717, 1.165) is 11.3 Å². The summed E-state index contributed by atoms with van der Waals surface area (Å²) in [5.74, 6) is -0.612. The standard InChI is InChI=1S/C29H20FN3O7S/c1-2-38-28(35)24-25(16-6-4-3-5-7-16)31-29-32(26(24)17-8-10-19(30)11-9-17)27(34)23(41-29)13-18-12-21-22(40-15-39-21)14-20(18)33(36)37/h3-14,26H,2,15H2,1H3/b23-13-/t26-/m0/s1. The fraction of sp³-hybridized carbons (Fsp3) is 0.138. The van der Waals surface area contributed by atoms with Gasteiger partial charge in [-0.05, 0) is 36.8 Å². The lowest BCUT2D eigenvalue weighted by Gasteiger charge is -2.25. The maximum atomic E-state index is 14.0. The minimum Gasteiger partial charge on any atom is -0.463 e. The molecule has 6 rings (SSSR count). The number of nitrogens with zero attached hydrogens (tertiary/aromatic N) is 3. The zero-order chi connectivity index (χ0) is 28.7. The zero-order valence-electron chi connectivity index (χ0n) is 21.4. The molecule has 12 heteroatoms. The third-order valence-corrected chi connectivity index (χ3v) is 7.55. The number of carbonyl (C=O) groups excluding carboxylic acids is 1. The van der Waals surface area contributed by atoms with Gasteiger partial charge >= 0.3 is 5.97 Å². The molecule has 3 heterocycles. The quantitative estimate of drug-likeness (QED) is 0.196. The van der Waals surface area contributed by atoms with Crippen molar-refractivity contribution in [1.82, 2.24) is 4.57 Å². The fourth-order valence-electron chi connectivity index (χ4n) is 4.76. The Bertz CT molecular complexity index is 1910. The van der Waals surface area contributed by atoms with Gasteiger partial charge in [0.25, 0.3) is 11.2 Å². The molecule has 1 atom stereocenters. The molecule has 0 amide bonds. The number of halogens is 1. The van der Waals surface area contributed by atoms with Crippen LogP contribution in [0.5, 0.6) is 11.5 Å². The molecule has 0 radical (unpaired) electrons. The minimum absolute atomic E-state index is 0.0747. The maximum absolute atomic E-state index is 14.0. The Hall–Kier alpha value is -5.10. The van der Waals surface area contributed by atoms with Gasteiger partial charge in [0.05, 0.1) is 45.0 Å². The SMILES string of the molecule is CCOC(=O)C1=C(c2ccccc2)N=c2s/c(=C\c3cc4c(cc3[N+](=O)[O-])OCO4)c(=O)n2[C@H]1c1ccc(F)cc1. The molecule has 0 saturated heterocycles. The van der Waals surface area contributed by atoms with Crippen molar-refractivity contribution in [1.29, 1.82) is 0 Å². The monoisotopic (exact) mass is 573 g/mol. The number of benzene rings is 3. The molecular weight excluding hydrogens is 553 g/mol. The smallest absolute Gasteiger partial charge is 0.338 e. The first-order valence-electron chi connectivity index (χ1n) is 12.5. The summed E-state index contributed by atoms with van der Waals surface area (Å²) in [5.41, 5.74) is 0.816. The van der Waals surface area contributed by atoms with Gasteiger partial charge in [0, 0.05) is 5.56 Å². The summed E-state index contributed by atoms with van der Waals surface area (Å²) in [6.07, 6.45) is 1.39. The van der Waals surface area contributed by atoms with Crippen molar-refractivity contribution in [2.24, 2.45) is 4.99 Å². The molecule has 3 aromatic carbocycles. The van der Waals surface area contributed by atoms with E-state index >= 15 is 0 Å². The Morgan fingerprint density at radius 3 is 2.56 bits per heavy atom. The average Bonchev–Trinajstić information content (AvgIpc) is 3.56. The van der Waals surface area contributed by atoms with Gasteiger partial charge in [-0.3, -0.25) is 19.5 Å². The molecule has 0 saturated carbocycles. The fourth-order valence-corrected chi connectivity index (χ4v) is 5.75. The Labute approximate surface area is 235 Å². The molecule has 206 valence electrons. The second-order valence-corrected chi connectivity index (χ2v) is 10.0. The Kier molecular flexibility index (Phi) is 6.67. The van der Waals surface area contributed by atoms with Crippen LogP contribution < -0.4 is 24.4 Å². The summed E-state index contributed by atoms with van der Waals surface area (Å²) in [6, 6.07) is 16.1. The predicted octanol–water partition coefficient (Wildman–Crippen LogP) is 3.71. The highest BCUT2D eigenvalue weighted by atomic mass is 32.1. The molecule has 0 unspecified atom stereocenters. The molecule has 41 heavy (non-hydrogen) atoms. The van der Waals surface area contributed by atoms with E-state index in [1.807, 2.05) is 6.07 Å². The molecule has 0 spiro atoms. The van der Waals surface area contributed by atoms with Crippen molar-refractivity contribution < 1.29 is 28.3 Å². The minimum atomic E-state index is -1.00. The molecule has 0 bridgehead atoms. The second kappa shape index (κ2) is 10.5. The molecule has 2 aliphatic rings. The van der Waals surface area contributed by atoms with Crippen LogP contribution >= 0.6 is 11.3 Å². The van der Waals surface area contributed by atoms with Crippen LogP contribution in [0.4, 0.5) is 10.1 Å². The summed E-state index contributed by atoms with van der Waals surface area (Å²) < 4.78 is 31.4. The van der Waals surface area contributed by atoms with Crippen LogP contribution in [0.1, 0.15) is 29.7 Å². The number of fused-ring (bicyclic) bond motifs is 2. The number of nitro groups is 1. The number of hydrogen-bond acceptors (Lipinski definition) is 9. The summed E-state index contributed by atoms with van der Waals surface area (Å²) in [5, 5.41) is 11.8. The largest absolute Gasteiger partial charge is 0.463 e. The van der Waals surface area contributed by atoms with Crippen molar-refractivity contribution in [3.05, 3.63) is 125 Å². The van der Waals surface area contributed by atoms with E-state index in [9.17, 15) is 24.1 Å². The maximum Gasteiger partial charge on any atom is 0.338 e. The Morgan fingerprint density at radius 2 is 1.88 bits per heavy atom. The Balaban J connectivity index is 1.64. The first-order chi connectivity index (χ1) is 19.9. The molecule has 2 aliphatic heterocycles. The van der Waals surface area contributed by atoms with Gasteiger partial charge < -0.3 is 14.2 Å². The van der Waals surface area contributed by atoms with Gasteiger partial charge in [0.15, 0.2) is 16.3 Å². The number of rotatable bonds is 6. The first-order valence-corrected chi connectivity index (χ1v) is 13.3. The summed E-state index contributed by atoms with van der Waals surface area (Å²) in [6.45, 7) is 1.68. The second-order valence-electron chi connectivity index (χ2n) is 9.00. The lowest BCUT2D eigenvalue weighted by atomic mass is 9.93. The number of hydrogen-bond donors (Lipinski definition) is 0. The van der Waals surface area contributed by atoms with E-state index in [-0.39, 0.29) is 45.3 Å². The van der Waals surface area contributed by atoms with Crippen LogP contribution in [0.15, 0.2) is 82.1 Å². The van der Waals surface area contributed by atoms with Crippen LogP contribution in [0.3, 0.4) is 0 Å². The van der Waals surface area contributed by atoms with E-state index in [1.54, 1.807) is 31.2 Å². The van der Waals surface area contributed by atoms with Gasteiger partial charge in [-0.2, -0.15) is 0 Å². The van der Waals surface area contributed by atoms with Crippen LogP contribution in [-0.4, -0.2) is 28.9 Å². The van der Waals surface area contributed by atoms with Gasteiger partial charge in [-0.25, -0.2) is 14.2 Å². The average molecular weight is 574 g/mol. The highest BCUT2D eigenvalue weighted by molar-refractivity contribution is 7.07. The third kappa shape index (κ3) is 4.67. The van der Waals surface area contributed by atoms with Crippen molar-refractivity contribution in [2.75, 3.05) is 13.4 Å². The molecule has 0 aliphatic carbocycles. The number of nitro benzene ring substituents is 1. The highest BCUT2D eigenvalue weighted by Gasteiger charge is 2.35. The van der Waals surface area contributed by atoms with Crippen molar-refractivity contribution in [2.45, 2.75) is 13.0 Å². The van der Waals surface area contributed by atoms with Crippen molar-refractivity contribution >= 4 is 34.8 Å². The molecule has 1 aromatic heterocycles. The first kappa shape index (κ1) is 26.1. The van der Waals surface area contributed by atoms with Crippen molar-refractivity contribution in [3.8, 4) is 11.5 Å². The summed E-state index contributed by atoms with van der Waals surface area (Å²) in [4.78, 5) is 43.6. The van der Waals surface area contributed by atoms with E-state index in [0.29, 0.717) is 22.6 Å². The topological polar surface area (TPSA) is 122 Å². The van der Waals surface area contributed by atoms with Crippen LogP contribution in [0.25, 0.3) is 11.8 Å². The summed E-state index contributed by atoms with van der Waals surface area (Å²) in [7, 11) is 0. The molecular formula is C29H20FN3O7S. The molecule has 10 nitrogen and oxygen atoms in total. The number of esters is 1. The van der Waals surface area contributed by atoms with Crippen LogP contribution in [-0.2, 0) is 9.53 Å². The Morgan fingerprint density at radius 1 is 1.17 bits per heavy atom. The van der Waals surface area contributed by atoms with E-state index in [2.05, 4.69) is 0 Å². The van der Waals surface area contributed by atoms with Gasteiger partial charge in [0.1, 0.15) is 5.82 Å².